The zero-order valence-corrected chi connectivity index (χ0v) is 17.7. The molecule has 2 aromatic rings. The summed E-state index contributed by atoms with van der Waals surface area (Å²) in [7, 11) is 1.74. The molecule has 0 aromatic heterocycles. The second-order valence-electron chi connectivity index (χ2n) is 6.96. The summed E-state index contributed by atoms with van der Waals surface area (Å²) in [4.78, 5) is 7.15. The number of nitrogens with zero attached hydrogens (tertiary/aromatic N) is 2. The lowest BCUT2D eigenvalue weighted by Gasteiger charge is -2.31. The Kier molecular flexibility index (Phi) is 6.06. The van der Waals surface area contributed by atoms with E-state index in [4.69, 9.17) is 9.73 Å². The second kappa shape index (κ2) is 8.29. The van der Waals surface area contributed by atoms with Gasteiger partial charge in [0.05, 0.1) is 19.7 Å². The average molecular weight is 463 g/mol. The van der Waals surface area contributed by atoms with E-state index in [1.807, 2.05) is 0 Å². The predicted octanol–water partition coefficient (Wildman–Crippen LogP) is 3.55. The highest BCUT2D eigenvalue weighted by atomic mass is 127. The van der Waals surface area contributed by atoms with E-state index in [9.17, 15) is 0 Å². The zero-order valence-electron chi connectivity index (χ0n) is 15.4. The maximum Gasteiger partial charge on any atom is 0.194 e. The molecule has 4 nitrogen and oxygen atoms in total. The number of rotatable bonds is 3. The fourth-order valence-electron chi connectivity index (χ4n) is 3.79. The van der Waals surface area contributed by atoms with Crippen LogP contribution in [-0.2, 0) is 19.4 Å². The van der Waals surface area contributed by atoms with Crippen LogP contribution in [0.4, 0.5) is 0 Å². The van der Waals surface area contributed by atoms with Gasteiger partial charge in [0.25, 0.3) is 0 Å². The molecule has 0 radical (unpaired) electrons. The van der Waals surface area contributed by atoms with Gasteiger partial charge in [0.2, 0.25) is 0 Å². The van der Waals surface area contributed by atoms with Crippen LogP contribution in [0.25, 0.3) is 0 Å². The fraction of sp³-hybridized carbons (Fsp3) is 0.381. The molecule has 0 amide bonds. The molecule has 138 valence electrons. The Labute approximate surface area is 172 Å². The number of aryl methyl sites for hydroxylation is 1. The lowest BCUT2D eigenvalue weighted by molar-refractivity contribution is 0.376. The van der Waals surface area contributed by atoms with Gasteiger partial charge in [0.1, 0.15) is 5.75 Å². The Bertz CT molecular complexity index is 791. The normalized spacial score (nSPS) is 18.5. The first-order chi connectivity index (χ1) is 12.2. The molecule has 2 aliphatic rings. The van der Waals surface area contributed by atoms with Gasteiger partial charge in [-0.15, -0.1) is 24.0 Å². The molecular weight excluding hydrogens is 437 g/mol. The van der Waals surface area contributed by atoms with Crippen molar-refractivity contribution in [2.75, 3.05) is 20.2 Å². The smallest absolute Gasteiger partial charge is 0.194 e. The third-order valence-corrected chi connectivity index (χ3v) is 5.15. The van der Waals surface area contributed by atoms with Gasteiger partial charge in [-0.2, -0.15) is 0 Å². The van der Waals surface area contributed by atoms with E-state index < -0.39 is 0 Å². The van der Waals surface area contributed by atoms with Crippen LogP contribution >= 0.6 is 24.0 Å². The molecule has 1 unspecified atom stereocenters. The summed E-state index contributed by atoms with van der Waals surface area (Å²) in [5.74, 6) is 2.05. The zero-order chi connectivity index (χ0) is 17.2. The Morgan fingerprint density at radius 1 is 1.19 bits per heavy atom. The minimum Gasteiger partial charge on any atom is -0.496 e. The molecule has 4 rings (SSSR count). The summed E-state index contributed by atoms with van der Waals surface area (Å²) in [5.41, 5.74) is 5.35. The molecule has 1 atom stereocenters. The van der Waals surface area contributed by atoms with E-state index in [-0.39, 0.29) is 24.0 Å². The average Bonchev–Trinajstić information content (AvgIpc) is 3.10. The monoisotopic (exact) mass is 463 g/mol. The van der Waals surface area contributed by atoms with Gasteiger partial charge >= 0.3 is 0 Å². The number of hydrogen-bond donors (Lipinski definition) is 1. The van der Waals surface area contributed by atoms with Crippen molar-refractivity contribution in [3.05, 3.63) is 64.7 Å². The largest absolute Gasteiger partial charge is 0.496 e. The molecule has 0 fully saturated rings. The summed E-state index contributed by atoms with van der Waals surface area (Å²) >= 11 is 0. The molecular formula is C21H26IN3O. The summed E-state index contributed by atoms with van der Waals surface area (Å²) < 4.78 is 5.46. The number of methoxy groups -OCH3 is 1. The van der Waals surface area contributed by atoms with Crippen molar-refractivity contribution in [2.24, 2.45) is 4.99 Å². The summed E-state index contributed by atoms with van der Waals surface area (Å²) in [6.45, 7) is 4.89. The van der Waals surface area contributed by atoms with E-state index in [1.165, 1.54) is 22.3 Å². The van der Waals surface area contributed by atoms with E-state index in [0.717, 1.165) is 44.2 Å². The van der Waals surface area contributed by atoms with E-state index in [2.05, 4.69) is 59.6 Å². The number of benzene rings is 2. The first-order valence-corrected chi connectivity index (χ1v) is 8.99. The molecule has 2 aliphatic heterocycles. The van der Waals surface area contributed by atoms with Crippen LogP contribution in [0.1, 0.15) is 22.3 Å². The van der Waals surface area contributed by atoms with Gasteiger partial charge in [0, 0.05) is 13.1 Å². The fourth-order valence-corrected chi connectivity index (χ4v) is 3.79. The Morgan fingerprint density at radius 2 is 2.00 bits per heavy atom. The number of fused-ring (bicyclic) bond motifs is 1. The molecule has 2 aromatic carbocycles. The highest BCUT2D eigenvalue weighted by molar-refractivity contribution is 14.0. The third-order valence-electron chi connectivity index (χ3n) is 5.15. The minimum absolute atomic E-state index is 0. The van der Waals surface area contributed by atoms with Gasteiger partial charge < -0.3 is 15.0 Å². The number of ether oxygens (including phenoxy) is 1. The highest BCUT2D eigenvalue weighted by Gasteiger charge is 2.25. The van der Waals surface area contributed by atoms with Crippen molar-refractivity contribution in [1.29, 1.82) is 0 Å². The molecule has 0 saturated carbocycles. The van der Waals surface area contributed by atoms with E-state index >= 15 is 0 Å². The van der Waals surface area contributed by atoms with Gasteiger partial charge in [-0.3, -0.25) is 4.99 Å². The van der Waals surface area contributed by atoms with Crippen molar-refractivity contribution in [2.45, 2.75) is 32.4 Å². The topological polar surface area (TPSA) is 36.9 Å². The van der Waals surface area contributed by atoms with Gasteiger partial charge in [-0.05, 0) is 48.1 Å². The Morgan fingerprint density at radius 3 is 2.77 bits per heavy atom. The Balaban J connectivity index is 0.00000196. The van der Waals surface area contributed by atoms with E-state index in [0.29, 0.717) is 6.04 Å². The summed E-state index contributed by atoms with van der Waals surface area (Å²) in [6.07, 6.45) is 2.06. The van der Waals surface area contributed by atoms with Crippen molar-refractivity contribution >= 4 is 29.9 Å². The third kappa shape index (κ3) is 3.98. The number of guanidine groups is 1. The number of hydrogen-bond acceptors (Lipinski definition) is 4. The highest BCUT2D eigenvalue weighted by Crippen LogP contribution is 2.27. The molecule has 26 heavy (non-hydrogen) atoms. The van der Waals surface area contributed by atoms with Crippen LogP contribution < -0.4 is 10.1 Å². The summed E-state index contributed by atoms with van der Waals surface area (Å²) in [6, 6.07) is 15.5. The molecule has 0 saturated heterocycles. The molecule has 0 bridgehead atoms. The van der Waals surface area contributed by atoms with Crippen molar-refractivity contribution in [1.82, 2.24) is 10.2 Å². The van der Waals surface area contributed by atoms with Crippen LogP contribution in [0.5, 0.6) is 5.75 Å². The van der Waals surface area contributed by atoms with Crippen LogP contribution in [0.2, 0.25) is 0 Å². The summed E-state index contributed by atoms with van der Waals surface area (Å²) in [5, 5.41) is 3.63. The minimum atomic E-state index is 0. The van der Waals surface area contributed by atoms with Gasteiger partial charge in [0.15, 0.2) is 5.96 Å². The molecule has 0 spiro atoms. The number of aliphatic imine (C=N–C) groups is 1. The number of nitrogens with one attached hydrogen (secondary N) is 1. The maximum atomic E-state index is 5.46. The van der Waals surface area contributed by atoms with E-state index in [1.54, 1.807) is 7.11 Å². The van der Waals surface area contributed by atoms with Crippen LogP contribution in [0.15, 0.2) is 47.5 Å². The van der Waals surface area contributed by atoms with Gasteiger partial charge in [-0.1, -0.05) is 36.4 Å². The molecule has 5 heteroatoms. The number of halogens is 1. The first-order valence-electron chi connectivity index (χ1n) is 8.99. The molecule has 1 N–H and O–H groups in total. The van der Waals surface area contributed by atoms with Crippen molar-refractivity contribution in [3.63, 3.8) is 0 Å². The van der Waals surface area contributed by atoms with Crippen molar-refractivity contribution < 1.29 is 4.74 Å². The molecule has 2 heterocycles. The van der Waals surface area contributed by atoms with Crippen LogP contribution in [-0.4, -0.2) is 37.1 Å². The maximum absolute atomic E-state index is 5.46. The van der Waals surface area contributed by atoms with Crippen molar-refractivity contribution in [3.8, 4) is 5.75 Å². The van der Waals surface area contributed by atoms with Crippen LogP contribution in [0.3, 0.4) is 0 Å². The van der Waals surface area contributed by atoms with Gasteiger partial charge in [-0.25, -0.2) is 0 Å². The lowest BCUT2D eigenvalue weighted by Crippen LogP contribution is -2.45. The molecule has 0 aliphatic carbocycles. The SMILES string of the molecule is COc1cc2c(cc1C)CN(C1=NCC(Cc3ccccc3)N1)CC2.I. The Hall–Kier alpha value is -1.76. The predicted molar refractivity (Wildman–Crippen MR) is 117 cm³/mol. The quantitative estimate of drug-likeness (QED) is 0.708. The lowest BCUT2D eigenvalue weighted by atomic mass is 9.97. The first kappa shape index (κ1) is 19.0. The second-order valence-corrected chi connectivity index (χ2v) is 6.96. The van der Waals surface area contributed by atoms with Crippen LogP contribution in [0, 0.1) is 6.92 Å². The standard InChI is InChI=1S/C21H25N3O.HI/c1-15-10-18-14-24(9-8-17(18)12-20(15)25-2)21-22-13-19(23-21)11-16-6-4-3-5-7-16;/h3-7,10,12,19H,8-9,11,13-14H2,1-2H3,(H,22,23);1H.